The Labute approximate surface area is 131 Å². The molecule has 1 aromatic carbocycles. The van der Waals surface area contributed by atoms with Crippen LogP contribution in [-0.2, 0) is 11.3 Å². The molecule has 0 unspecified atom stereocenters. The first-order valence-corrected chi connectivity index (χ1v) is 8.48. The Morgan fingerprint density at radius 1 is 1.43 bits per heavy atom. The van der Waals surface area contributed by atoms with Gasteiger partial charge < -0.3 is 15.4 Å². The molecule has 116 valence electrons. The van der Waals surface area contributed by atoms with Crippen molar-refractivity contribution in [3.63, 3.8) is 0 Å². The summed E-state index contributed by atoms with van der Waals surface area (Å²) in [5, 5.41) is 0. The van der Waals surface area contributed by atoms with Crippen molar-refractivity contribution in [1.29, 1.82) is 0 Å². The van der Waals surface area contributed by atoms with Gasteiger partial charge in [-0.15, -0.1) is 11.8 Å². The van der Waals surface area contributed by atoms with Crippen molar-refractivity contribution in [3.8, 4) is 5.75 Å². The molecule has 0 aliphatic heterocycles. The minimum atomic E-state index is -0.655. The van der Waals surface area contributed by atoms with Crippen LogP contribution >= 0.6 is 11.8 Å². The lowest BCUT2D eigenvalue weighted by atomic mass is 9.97. The molecule has 1 amide bonds. The molecule has 1 aromatic rings. The Morgan fingerprint density at radius 2 is 2.10 bits per heavy atom. The average molecular weight is 308 g/mol. The van der Waals surface area contributed by atoms with E-state index in [9.17, 15) is 4.79 Å². The Bertz CT molecular complexity index is 513. The monoisotopic (exact) mass is 308 g/mol. The van der Waals surface area contributed by atoms with E-state index < -0.39 is 5.54 Å². The number of hydrogen-bond acceptors (Lipinski definition) is 4. The van der Waals surface area contributed by atoms with E-state index in [2.05, 4.69) is 0 Å². The van der Waals surface area contributed by atoms with Gasteiger partial charge in [0, 0.05) is 18.5 Å². The van der Waals surface area contributed by atoms with Crippen molar-refractivity contribution in [2.75, 3.05) is 20.4 Å². The molecule has 0 radical (unpaired) electrons. The molecule has 4 nitrogen and oxygen atoms in total. The zero-order chi connectivity index (χ0) is 15.5. The third kappa shape index (κ3) is 3.52. The smallest absolute Gasteiger partial charge is 0.242 e. The molecule has 2 N–H and O–H groups in total. The number of amides is 1. The fraction of sp³-hybridized carbons (Fsp3) is 0.562. The summed E-state index contributed by atoms with van der Waals surface area (Å²) in [6.45, 7) is 0.558. The number of nitrogens with zero attached hydrogens (tertiary/aromatic N) is 1. The second kappa shape index (κ2) is 6.71. The fourth-order valence-electron chi connectivity index (χ4n) is 2.92. The zero-order valence-corrected chi connectivity index (χ0v) is 13.8. The molecule has 21 heavy (non-hydrogen) atoms. The van der Waals surface area contributed by atoms with Gasteiger partial charge >= 0.3 is 0 Å². The van der Waals surface area contributed by atoms with E-state index in [1.54, 1.807) is 23.8 Å². The van der Waals surface area contributed by atoms with Crippen LogP contribution in [0.5, 0.6) is 5.75 Å². The summed E-state index contributed by atoms with van der Waals surface area (Å²) in [4.78, 5) is 15.3. The van der Waals surface area contributed by atoms with Gasteiger partial charge in [0.15, 0.2) is 0 Å². The molecule has 2 rings (SSSR count). The highest BCUT2D eigenvalue weighted by Crippen LogP contribution is 2.31. The van der Waals surface area contributed by atoms with Crippen LogP contribution < -0.4 is 10.5 Å². The number of carbonyl (C=O) groups excluding carboxylic acids is 1. The Hall–Kier alpha value is -1.20. The largest absolute Gasteiger partial charge is 0.496 e. The summed E-state index contributed by atoms with van der Waals surface area (Å²) in [7, 11) is 3.49. The van der Waals surface area contributed by atoms with E-state index in [0.717, 1.165) is 41.9 Å². The lowest BCUT2D eigenvalue weighted by Crippen LogP contribution is -2.52. The van der Waals surface area contributed by atoms with Crippen LogP contribution in [0.3, 0.4) is 0 Å². The second-order valence-electron chi connectivity index (χ2n) is 5.71. The van der Waals surface area contributed by atoms with Gasteiger partial charge in [0.05, 0.1) is 12.6 Å². The van der Waals surface area contributed by atoms with Crippen LogP contribution in [0.2, 0.25) is 0 Å². The van der Waals surface area contributed by atoms with Crippen LogP contribution in [0, 0.1) is 0 Å². The molecule has 0 aromatic heterocycles. The van der Waals surface area contributed by atoms with E-state index in [4.69, 9.17) is 10.5 Å². The van der Waals surface area contributed by atoms with E-state index in [0.29, 0.717) is 6.54 Å². The molecule has 0 atom stereocenters. The van der Waals surface area contributed by atoms with Crippen LogP contribution in [0.15, 0.2) is 23.1 Å². The quantitative estimate of drug-likeness (QED) is 0.850. The molecule has 0 heterocycles. The Balaban J connectivity index is 2.08. The first kappa shape index (κ1) is 16.2. The van der Waals surface area contributed by atoms with Gasteiger partial charge in [-0.05, 0) is 36.8 Å². The summed E-state index contributed by atoms with van der Waals surface area (Å²) in [5.74, 6) is 0.900. The Kier molecular flexibility index (Phi) is 5.17. The first-order chi connectivity index (χ1) is 10.00. The van der Waals surface area contributed by atoms with Crippen molar-refractivity contribution >= 4 is 17.7 Å². The summed E-state index contributed by atoms with van der Waals surface area (Å²) in [6, 6.07) is 6.06. The average Bonchev–Trinajstić information content (AvgIpc) is 2.94. The standard InChI is InChI=1S/C16H24N2O2S/c1-18(15(19)16(17)8-4-5-9-16)11-12-6-7-14(21-3)13(10-12)20-2/h6-7,10H,4-5,8-9,11,17H2,1-3H3. The molecule has 0 saturated heterocycles. The van der Waals surface area contributed by atoms with Gasteiger partial charge in [0.2, 0.25) is 5.91 Å². The van der Waals surface area contributed by atoms with Crippen LogP contribution in [-0.4, -0.2) is 36.8 Å². The van der Waals surface area contributed by atoms with Crippen molar-refractivity contribution in [2.24, 2.45) is 5.73 Å². The summed E-state index contributed by atoms with van der Waals surface area (Å²) in [5.41, 5.74) is 6.64. The predicted molar refractivity (Wildman–Crippen MR) is 86.6 cm³/mol. The molecule has 0 bridgehead atoms. The van der Waals surface area contributed by atoms with Gasteiger partial charge in [-0.2, -0.15) is 0 Å². The lowest BCUT2D eigenvalue weighted by Gasteiger charge is -2.29. The van der Waals surface area contributed by atoms with Gasteiger partial charge in [-0.3, -0.25) is 4.79 Å². The molecular formula is C16H24N2O2S. The highest BCUT2D eigenvalue weighted by molar-refractivity contribution is 7.98. The van der Waals surface area contributed by atoms with Crippen LogP contribution in [0.4, 0.5) is 0 Å². The summed E-state index contributed by atoms with van der Waals surface area (Å²) < 4.78 is 5.39. The number of carbonyl (C=O) groups is 1. The maximum absolute atomic E-state index is 12.5. The van der Waals surface area contributed by atoms with Gasteiger partial charge in [-0.25, -0.2) is 0 Å². The third-order valence-corrected chi connectivity index (χ3v) is 4.91. The number of hydrogen-bond donors (Lipinski definition) is 1. The van der Waals surface area contributed by atoms with Crippen molar-refractivity contribution in [1.82, 2.24) is 4.90 Å². The van der Waals surface area contributed by atoms with Crippen molar-refractivity contribution < 1.29 is 9.53 Å². The second-order valence-corrected chi connectivity index (χ2v) is 6.56. The van der Waals surface area contributed by atoms with Crippen molar-refractivity contribution in [2.45, 2.75) is 42.7 Å². The fourth-order valence-corrected chi connectivity index (χ4v) is 3.47. The zero-order valence-electron chi connectivity index (χ0n) is 13.0. The third-order valence-electron chi connectivity index (χ3n) is 4.14. The molecule has 1 aliphatic carbocycles. The molecule has 5 heteroatoms. The Morgan fingerprint density at radius 3 is 2.67 bits per heavy atom. The highest BCUT2D eigenvalue weighted by Gasteiger charge is 2.38. The maximum Gasteiger partial charge on any atom is 0.242 e. The minimum Gasteiger partial charge on any atom is -0.496 e. The molecule has 0 spiro atoms. The number of ether oxygens (including phenoxy) is 1. The number of likely N-dealkylation sites (N-methyl/N-ethyl adjacent to an activating group) is 1. The summed E-state index contributed by atoms with van der Waals surface area (Å²) >= 11 is 1.65. The van der Waals surface area contributed by atoms with Crippen molar-refractivity contribution in [3.05, 3.63) is 23.8 Å². The van der Waals surface area contributed by atoms with E-state index in [-0.39, 0.29) is 5.91 Å². The lowest BCUT2D eigenvalue weighted by molar-refractivity contribution is -0.136. The number of thioether (sulfide) groups is 1. The minimum absolute atomic E-state index is 0.0490. The highest BCUT2D eigenvalue weighted by atomic mass is 32.2. The SMILES string of the molecule is COc1cc(CN(C)C(=O)C2(N)CCCC2)ccc1SC. The van der Waals surface area contributed by atoms with Gasteiger partial charge in [0.25, 0.3) is 0 Å². The van der Waals surface area contributed by atoms with Gasteiger partial charge in [-0.1, -0.05) is 18.9 Å². The molecule has 1 saturated carbocycles. The number of rotatable bonds is 5. The van der Waals surface area contributed by atoms with E-state index >= 15 is 0 Å². The van der Waals surface area contributed by atoms with E-state index in [1.165, 1.54) is 0 Å². The maximum atomic E-state index is 12.5. The number of methoxy groups -OCH3 is 1. The first-order valence-electron chi connectivity index (χ1n) is 7.25. The molecule has 1 fully saturated rings. The number of benzene rings is 1. The summed E-state index contributed by atoms with van der Waals surface area (Å²) in [6.07, 6.45) is 5.71. The topological polar surface area (TPSA) is 55.6 Å². The van der Waals surface area contributed by atoms with E-state index in [1.807, 2.05) is 31.5 Å². The molecular weight excluding hydrogens is 284 g/mol. The van der Waals surface area contributed by atoms with Crippen LogP contribution in [0.25, 0.3) is 0 Å². The van der Waals surface area contributed by atoms with Gasteiger partial charge in [0.1, 0.15) is 5.75 Å². The number of nitrogens with two attached hydrogens (primary N) is 1. The normalized spacial score (nSPS) is 16.8. The predicted octanol–water partition coefficient (Wildman–Crippen LogP) is 2.65. The van der Waals surface area contributed by atoms with Crippen LogP contribution in [0.1, 0.15) is 31.2 Å². The molecule has 1 aliphatic rings.